The van der Waals surface area contributed by atoms with Gasteiger partial charge >= 0.3 is 0 Å². The van der Waals surface area contributed by atoms with E-state index in [-0.39, 0.29) is 5.25 Å². The lowest BCUT2D eigenvalue weighted by Crippen LogP contribution is -2.09. The molecule has 12 heavy (non-hydrogen) atoms. The van der Waals surface area contributed by atoms with Gasteiger partial charge in [0.05, 0.1) is 5.25 Å². The minimum atomic E-state index is -1.62. The SMILES string of the molecule is CC(C)CCCCC(C)S(=O)O. The van der Waals surface area contributed by atoms with Gasteiger partial charge in [-0.2, -0.15) is 0 Å². The summed E-state index contributed by atoms with van der Waals surface area (Å²) in [5.41, 5.74) is 0. The number of rotatable bonds is 6. The molecule has 0 aliphatic heterocycles. The van der Waals surface area contributed by atoms with Crippen molar-refractivity contribution in [2.45, 2.75) is 51.7 Å². The monoisotopic (exact) mass is 192 g/mol. The highest BCUT2D eigenvalue weighted by Gasteiger charge is 2.07. The molecule has 0 saturated heterocycles. The van der Waals surface area contributed by atoms with Crippen molar-refractivity contribution < 1.29 is 8.76 Å². The Morgan fingerprint density at radius 2 is 1.67 bits per heavy atom. The first kappa shape index (κ1) is 12.1. The highest BCUT2D eigenvalue weighted by atomic mass is 32.2. The molecule has 0 amide bonds. The van der Waals surface area contributed by atoms with Crippen molar-refractivity contribution in [2.75, 3.05) is 0 Å². The number of hydrogen-bond donors (Lipinski definition) is 1. The van der Waals surface area contributed by atoms with Crippen LogP contribution in [0, 0.1) is 5.92 Å². The summed E-state index contributed by atoms with van der Waals surface area (Å²) in [5, 5.41) is -0.0582. The van der Waals surface area contributed by atoms with Gasteiger partial charge in [-0.25, -0.2) is 4.21 Å². The Hall–Kier alpha value is 0.110. The van der Waals surface area contributed by atoms with Gasteiger partial charge < -0.3 is 4.55 Å². The lowest BCUT2D eigenvalue weighted by molar-refractivity contribution is 0.510. The van der Waals surface area contributed by atoms with Crippen LogP contribution >= 0.6 is 0 Å². The summed E-state index contributed by atoms with van der Waals surface area (Å²) in [6.45, 7) is 6.23. The fourth-order valence-corrected chi connectivity index (χ4v) is 1.45. The van der Waals surface area contributed by atoms with Crippen LogP contribution in [0.25, 0.3) is 0 Å². The smallest absolute Gasteiger partial charge is 0.155 e. The summed E-state index contributed by atoms with van der Waals surface area (Å²) < 4.78 is 19.2. The van der Waals surface area contributed by atoms with Crippen LogP contribution in [-0.2, 0) is 11.1 Å². The van der Waals surface area contributed by atoms with Gasteiger partial charge in [0, 0.05) is 0 Å². The second-order valence-corrected chi connectivity index (χ2v) is 5.12. The molecule has 0 fully saturated rings. The van der Waals surface area contributed by atoms with Gasteiger partial charge in [-0.3, -0.25) is 0 Å². The van der Waals surface area contributed by atoms with Gasteiger partial charge in [-0.15, -0.1) is 0 Å². The minimum absolute atomic E-state index is 0.0582. The number of hydrogen-bond acceptors (Lipinski definition) is 1. The molecule has 0 radical (unpaired) electrons. The molecule has 74 valence electrons. The van der Waals surface area contributed by atoms with E-state index >= 15 is 0 Å². The average Bonchev–Trinajstić information content (AvgIpc) is 1.97. The summed E-state index contributed by atoms with van der Waals surface area (Å²) in [5.74, 6) is 0.750. The predicted molar refractivity (Wildman–Crippen MR) is 53.5 cm³/mol. The Morgan fingerprint density at radius 3 is 2.08 bits per heavy atom. The molecule has 2 atom stereocenters. The van der Waals surface area contributed by atoms with E-state index in [1.807, 2.05) is 6.92 Å². The minimum Gasteiger partial charge on any atom is -0.306 e. The maximum absolute atomic E-state index is 10.5. The number of unbranched alkanes of at least 4 members (excludes halogenated alkanes) is 1. The molecule has 0 aliphatic rings. The van der Waals surface area contributed by atoms with Crippen LogP contribution < -0.4 is 0 Å². The Kier molecular flexibility index (Phi) is 6.67. The maximum atomic E-state index is 10.5. The zero-order valence-electron chi connectivity index (χ0n) is 8.25. The van der Waals surface area contributed by atoms with Gasteiger partial charge in [0.25, 0.3) is 0 Å². The molecule has 3 heteroatoms. The van der Waals surface area contributed by atoms with Gasteiger partial charge in [0.2, 0.25) is 0 Å². The van der Waals surface area contributed by atoms with Crippen LogP contribution in [0.3, 0.4) is 0 Å². The van der Waals surface area contributed by atoms with E-state index in [1.165, 1.54) is 12.8 Å². The standard InChI is InChI=1S/C9H20O2S/c1-8(2)6-4-5-7-9(3)12(10)11/h8-9H,4-7H2,1-3H3,(H,10,11). The summed E-state index contributed by atoms with van der Waals surface area (Å²) in [6.07, 6.45) is 4.35. The molecule has 0 bridgehead atoms. The van der Waals surface area contributed by atoms with Gasteiger partial charge in [0.15, 0.2) is 11.1 Å². The second kappa shape index (κ2) is 6.61. The molecule has 0 spiro atoms. The molecule has 0 aromatic rings. The maximum Gasteiger partial charge on any atom is 0.155 e. The van der Waals surface area contributed by atoms with E-state index in [9.17, 15) is 4.21 Å². The van der Waals surface area contributed by atoms with E-state index in [0.29, 0.717) is 0 Å². The van der Waals surface area contributed by atoms with Crippen molar-refractivity contribution in [1.29, 1.82) is 0 Å². The molecular formula is C9H20O2S. The third-order valence-corrected chi connectivity index (χ3v) is 2.91. The molecule has 0 heterocycles. The van der Waals surface area contributed by atoms with Crippen molar-refractivity contribution in [1.82, 2.24) is 0 Å². The Balaban J connectivity index is 3.25. The Bertz CT molecular complexity index is 134. The molecule has 0 aliphatic carbocycles. The first-order valence-electron chi connectivity index (χ1n) is 4.63. The van der Waals surface area contributed by atoms with E-state index in [2.05, 4.69) is 13.8 Å². The average molecular weight is 192 g/mol. The largest absolute Gasteiger partial charge is 0.306 e. The van der Waals surface area contributed by atoms with Crippen LogP contribution in [0.4, 0.5) is 0 Å². The van der Waals surface area contributed by atoms with Crippen molar-refractivity contribution >= 4 is 11.1 Å². The van der Waals surface area contributed by atoms with Gasteiger partial charge in [-0.1, -0.05) is 33.1 Å². The topological polar surface area (TPSA) is 37.3 Å². The summed E-state index contributed by atoms with van der Waals surface area (Å²) in [7, 11) is 0. The normalized spacial score (nSPS) is 16.4. The molecule has 2 unspecified atom stereocenters. The van der Waals surface area contributed by atoms with E-state index in [4.69, 9.17) is 4.55 Å². The van der Waals surface area contributed by atoms with Crippen LogP contribution in [0.15, 0.2) is 0 Å². The highest BCUT2D eigenvalue weighted by molar-refractivity contribution is 7.79. The first-order chi connectivity index (χ1) is 5.54. The Morgan fingerprint density at radius 1 is 1.17 bits per heavy atom. The van der Waals surface area contributed by atoms with Crippen molar-refractivity contribution in [3.63, 3.8) is 0 Å². The lowest BCUT2D eigenvalue weighted by atomic mass is 10.0. The lowest BCUT2D eigenvalue weighted by Gasteiger charge is -2.07. The third kappa shape index (κ3) is 6.80. The Labute approximate surface area is 78.0 Å². The van der Waals surface area contributed by atoms with Gasteiger partial charge in [0.1, 0.15) is 0 Å². The van der Waals surface area contributed by atoms with Crippen molar-refractivity contribution in [3.05, 3.63) is 0 Å². The zero-order valence-corrected chi connectivity index (χ0v) is 9.06. The third-order valence-electron chi connectivity index (χ3n) is 1.99. The summed E-state index contributed by atoms with van der Waals surface area (Å²) in [6, 6.07) is 0. The van der Waals surface area contributed by atoms with Crippen LogP contribution in [0.1, 0.15) is 46.5 Å². The summed E-state index contributed by atoms with van der Waals surface area (Å²) >= 11 is -1.62. The second-order valence-electron chi connectivity index (χ2n) is 3.77. The molecule has 1 N–H and O–H groups in total. The van der Waals surface area contributed by atoms with E-state index < -0.39 is 11.1 Å². The molecule has 2 nitrogen and oxygen atoms in total. The van der Waals surface area contributed by atoms with Crippen molar-refractivity contribution in [3.8, 4) is 0 Å². The fourth-order valence-electron chi connectivity index (χ4n) is 1.09. The predicted octanol–water partition coefficient (Wildman–Crippen LogP) is 2.81. The fraction of sp³-hybridized carbons (Fsp3) is 1.00. The highest BCUT2D eigenvalue weighted by Crippen LogP contribution is 2.11. The van der Waals surface area contributed by atoms with Crippen LogP contribution in [-0.4, -0.2) is 14.0 Å². The van der Waals surface area contributed by atoms with Crippen LogP contribution in [0.2, 0.25) is 0 Å². The summed E-state index contributed by atoms with van der Waals surface area (Å²) in [4.78, 5) is 0. The van der Waals surface area contributed by atoms with E-state index in [1.54, 1.807) is 0 Å². The van der Waals surface area contributed by atoms with Crippen molar-refractivity contribution in [2.24, 2.45) is 5.92 Å². The van der Waals surface area contributed by atoms with Gasteiger partial charge in [-0.05, 0) is 19.3 Å². The first-order valence-corrected chi connectivity index (χ1v) is 5.80. The molecule has 0 aromatic heterocycles. The molecular weight excluding hydrogens is 172 g/mol. The molecule has 0 rings (SSSR count). The zero-order chi connectivity index (χ0) is 9.56. The van der Waals surface area contributed by atoms with E-state index in [0.717, 1.165) is 18.8 Å². The molecule has 0 aromatic carbocycles. The molecule has 0 saturated carbocycles. The quantitative estimate of drug-likeness (QED) is 0.519. The van der Waals surface area contributed by atoms with Crippen LogP contribution in [0.5, 0.6) is 0 Å².